The number of benzene rings is 1. The number of hydrogen-bond acceptors (Lipinski definition) is 6. The van der Waals surface area contributed by atoms with Gasteiger partial charge in [0, 0.05) is 17.1 Å². The van der Waals surface area contributed by atoms with Crippen LogP contribution in [0.3, 0.4) is 0 Å². The Labute approximate surface area is 138 Å². The highest BCUT2D eigenvalue weighted by atomic mass is 32.2. The van der Waals surface area contributed by atoms with Crippen molar-refractivity contribution in [3.8, 4) is 11.5 Å². The third kappa shape index (κ3) is 3.39. The summed E-state index contributed by atoms with van der Waals surface area (Å²) in [7, 11) is 1.64. The van der Waals surface area contributed by atoms with Crippen molar-refractivity contribution in [2.24, 2.45) is 0 Å². The molecule has 0 fully saturated rings. The lowest BCUT2D eigenvalue weighted by molar-refractivity contribution is 0.313. The highest BCUT2D eigenvalue weighted by molar-refractivity contribution is 7.99. The molecule has 0 radical (unpaired) electrons. The highest BCUT2D eigenvalue weighted by Gasteiger charge is 2.10. The maximum Gasteiger partial charge on any atom is 0.256 e. The summed E-state index contributed by atoms with van der Waals surface area (Å²) < 4.78 is 13.0. The smallest absolute Gasteiger partial charge is 0.256 e. The first-order chi connectivity index (χ1) is 11.2. The van der Waals surface area contributed by atoms with Crippen molar-refractivity contribution in [1.82, 2.24) is 19.6 Å². The molecule has 2 heterocycles. The van der Waals surface area contributed by atoms with E-state index in [0.717, 1.165) is 33.8 Å². The van der Waals surface area contributed by atoms with Crippen molar-refractivity contribution in [3.63, 3.8) is 0 Å². The van der Waals surface area contributed by atoms with Gasteiger partial charge in [-0.25, -0.2) is 4.98 Å². The highest BCUT2D eigenvalue weighted by Crippen LogP contribution is 2.26. The van der Waals surface area contributed by atoms with E-state index >= 15 is 0 Å². The van der Waals surface area contributed by atoms with E-state index in [9.17, 15) is 0 Å². The van der Waals surface area contributed by atoms with Crippen molar-refractivity contribution in [2.45, 2.75) is 19.0 Å². The summed E-state index contributed by atoms with van der Waals surface area (Å²) in [5.74, 6) is 2.87. The van der Waals surface area contributed by atoms with E-state index in [4.69, 9.17) is 9.47 Å². The van der Waals surface area contributed by atoms with Crippen LogP contribution in [0.5, 0.6) is 11.5 Å². The summed E-state index contributed by atoms with van der Waals surface area (Å²) in [5, 5.41) is 9.16. The number of nitrogens with zero attached hydrogens (tertiary/aromatic N) is 4. The Morgan fingerprint density at radius 2 is 1.91 bits per heavy atom. The van der Waals surface area contributed by atoms with Crippen LogP contribution in [0.4, 0.5) is 0 Å². The van der Waals surface area contributed by atoms with Gasteiger partial charge in [0.2, 0.25) is 0 Å². The average molecular weight is 330 g/mol. The molecule has 2 aromatic heterocycles. The molecule has 0 spiro atoms. The van der Waals surface area contributed by atoms with Gasteiger partial charge in [0.1, 0.15) is 0 Å². The summed E-state index contributed by atoms with van der Waals surface area (Å²) in [6.07, 6.45) is 0. The number of para-hydroxylation sites is 2. The van der Waals surface area contributed by atoms with Crippen LogP contribution >= 0.6 is 11.8 Å². The van der Waals surface area contributed by atoms with Crippen LogP contribution in [-0.2, 0) is 0 Å². The first kappa shape index (κ1) is 15.6. The van der Waals surface area contributed by atoms with Gasteiger partial charge in [0.25, 0.3) is 5.78 Å². The Morgan fingerprint density at radius 1 is 1.13 bits per heavy atom. The van der Waals surface area contributed by atoms with E-state index in [-0.39, 0.29) is 0 Å². The molecule has 0 atom stereocenters. The van der Waals surface area contributed by atoms with Crippen LogP contribution < -0.4 is 9.47 Å². The second kappa shape index (κ2) is 6.87. The maximum atomic E-state index is 5.77. The number of aryl methyl sites for hydroxylation is 2. The van der Waals surface area contributed by atoms with Crippen LogP contribution in [0.15, 0.2) is 35.5 Å². The number of ether oxygens (including phenoxy) is 2. The van der Waals surface area contributed by atoms with E-state index in [1.54, 1.807) is 18.9 Å². The minimum atomic E-state index is 0.554. The van der Waals surface area contributed by atoms with Crippen LogP contribution in [0.2, 0.25) is 0 Å². The summed E-state index contributed by atoms with van der Waals surface area (Å²) in [4.78, 5) is 4.38. The minimum absolute atomic E-state index is 0.554. The molecule has 3 aromatic rings. The van der Waals surface area contributed by atoms with Gasteiger partial charge < -0.3 is 9.47 Å². The second-order valence-corrected chi connectivity index (χ2v) is 6.07. The number of rotatable bonds is 6. The summed E-state index contributed by atoms with van der Waals surface area (Å²) in [6.45, 7) is 4.54. The lowest BCUT2D eigenvalue weighted by Crippen LogP contribution is -2.03. The number of hydrogen-bond donors (Lipinski definition) is 0. The molecule has 0 aliphatic heterocycles. The molecule has 23 heavy (non-hydrogen) atoms. The quantitative estimate of drug-likeness (QED) is 0.511. The zero-order valence-corrected chi connectivity index (χ0v) is 14.1. The first-order valence-corrected chi connectivity index (χ1v) is 8.25. The van der Waals surface area contributed by atoms with Gasteiger partial charge in [-0.1, -0.05) is 23.9 Å². The molecule has 1 aromatic carbocycles. The fourth-order valence-electron chi connectivity index (χ4n) is 2.32. The van der Waals surface area contributed by atoms with Crippen molar-refractivity contribution in [2.75, 3.05) is 19.5 Å². The molecular formula is C16H18N4O2S. The van der Waals surface area contributed by atoms with Crippen LogP contribution in [0.25, 0.3) is 5.78 Å². The predicted octanol–water partition coefficient (Wildman–Crippen LogP) is 2.92. The van der Waals surface area contributed by atoms with Gasteiger partial charge in [-0.05, 0) is 32.0 Å². The Hall–Kier alpha value is -2.28. The molecule has 0 unspecified atom stereocenters. The number of methoxy groups -OCH3 is 1. The van der Waals surface area contributed by atoms with Crippen LogP contribution in [-0.4, -0.2) is 39.1 Å². The average Bonchev–Trinajstić information content (AvgIpc) is 2.95. The van der Waals surface area contributed by atoms with E-state index in [1.807, 2.05) is 48.6 Å². The number of thioether (sulfide) groups is 1. The fraction of sp³-hybridized carbons (Fsp3) is 0.312. The van der Waals surface area contributed by atoms with Gasteiger partial charge >= 0.3 is 0 Å². The molecule has 120 valence electrons. The minimum Gasteiger partial charge on any atom is -0.493 e. The monoisotopic (exact) mass is 330 g/mol. The van der Waals surface area contributed by atoms with E-state index in [0.29, 0.717) is 12.4 Å². The predicted molar refractivity (Wildman–Crippen MR) is 89.5 cm³/mol. The summed E-state index contributed by atoms with van der Waals surface area (Å²) in [6, 6.07) is 9.64. The Morgan fingerprint density at radius 3 is 2.70 bits per heavy atom. The summed E-state index contributed by atoms with van der Waals surface area (Å²) in [5.41, 5.74) is 2.02. The largest absolute Gasteiger partial charge is 0.493 e. The van der Waals surface area contributed by atoms with E-state index < -0.39 is 0 Å². The van der Waals surface area contributed by atoms with Crippen molar-refractivity contribution >= 4 is 17.5 Å². The van der Waals surface area contributed by atoms with E-state index in [2.05, 4.69) is 15.2 Å². The molecule has 3 rings (SSSR count). The SMILES string of the molecule is COc1ccccc1OCCSc1nnc2nc(C)cc(C)n12. The standard InChI is InChI=1S/C16H18N4O2S/c1-11-10-12(2)20-15(17-11)18-19-16(20)23-9-8-22-14-7-5-4-6-13(14)21-3/h4-7,10H,8-9H2,1-3H3. The van der Waals surface area contributed by atoms with Crippen molar-refractivity contribution in [1.29, 1.82) is 0 Å². The second-order valence-electron chi connectivity index (χ2n) is 5.00. The zero-order chi connectivity index (χ0) is 16.2. The molecule has 7 heteroatoms. The van der Waals surface area contributed by atoms with Crippen molar-refractivity contribution < 1.29 is 9.47 Å². The molecule has 0 N–H and O–H groups in total. The number of aromatic nitrogens is 4. The third-order valence-electron chi connectivity index (χ3n) is 3.30. The Kier molecular flexibility index (Phi) is 4.66. The fourth-order valence-corrected chi connectivity index (χ4v) is 3.12. The molecule has 0 amide bonds. The molecule has 0 aliphatic rings. The Bertz CT molecular complexity index is 819. The van der Waals surface area contributed by atoms with Gasteiger partial charge in [0.15, 0.2) is 16.7 Å². The normalized spacial score (nSPS) is 10.9. The van der Waals surface area contributed by atoms with Crippen LogP contribution in [0, 0.1) is 13.8 Å². The lowest BCUT2D eigenvalue weighted by atomic mass is 10.3. The van der Waals surface area contributed by atoms with Gasteiger partial charge in [-0.15, -0.1) is 10.2 Å². The lowest BCUT2D eigenvalue weighted by Gasteiger charge is -2.09. The number of fused-ring (bicyclic) bond motifs is 1. The maximum absolute atomic E-state index is 5.77. The van der Waals surface area contributed by atoms with Gasteiger partial charge in [0.05, 0.1) is 13.7 Å². The molecule has 0 bridgehead atoms. The van der Waals surface area contributed by atoms with E-state index in [1.165, 1.54) is 0 Å². The van der Waals surface area contributed by atoms with Gasteiger partial charge in [-0.3, -0.25) is 4.40 Å². The molecule has 0 saturated heterocycles. The molecular weight excluding hydrogens is 312 g/mol. The first-order valence-electron chi connectivity index (χ1n) is 7.27. The van der Waals surface area contributed by atoms with Crippen molar-refractivity contribution in [3.05, 3.63) is 41.7 Å². The Balaban J connectivity index is 1.63. The summed E-state index contributed by atoms with van der Waals surface area (Å²) >= 11 is 1.59. The van der Waals surface area contributed by atoms with Gasteiger partial charge in [-0.2, -0.15) is 0 Å². The zero-order valence-electron chi connectivity index (χ0n) is 13.3. The topological polar surface area (TPSA) is 61.5 Å². The molecule has 6 nitrogen and oxygen atoms in total. The van der Waals surface area contributed by atoms with Crippen LogP contribution in [0.1, 0.15) is 11.4 Å². The molecule has 0 saturated carbocycles. The molecule has 0 aliphatic carbocycles. The third-order valence-corrected chi connectivity index (χ3v) is 4.20.